The van der Waals surface area contributed by atoms with Crippen LogP contribution in [0.2, 0.25) is 0 Å². The smallest absolute Gasteiger partial charge is 0.156 e. The molecule has 1 saturated heterocycles. The molecule has 0 amide bonds. The first-order chi connectivity index (χ1) is 8.67. The highest BCUT2D eigenvalue weighted by Gasteiger charge is 2.34. The summed E-state index contributed by atoms with van der Waals surface area (Å²) in [7, 11) is -3.12. The SMILES string of the molecule is CC1(c2ccc(C(C)(C)S(C)(=O)=O)cc2)CCCN1. The van der Waals surface area contributed by atoms with Crippen molar-refractivity contribution in [2.75, 3.05) is 12.8 Å². The average Bonchev–Trinajstić information content (AvgIpc) is 2.76. The van der Waals surface area contributed by atoms with Crippen LogP contribution in [0.1, 0.15) is 44.7 Å². The molecular formula is C15H23NO2S. The van der Waals surface area contributed by atoms with E-state index in [9.17, 15) is 8.42 Å². The molecule has 1 heterocycles. The standard InChI is InChI=1S/C15H23NO2S/c1-14(2,19(4,17)18)12-6-8-13(9-7-12)15(3)10-5-11-16-15/h6-9,16H,5,10-11H2,1-4H3. The Morgan fingerprint density at radius 3 is 2.21 bits per heavy atom. The first-order valence-corrected chi connectivity index (χ1v) is 8.62. The number of rotatable bonds is 3. The van der Waals surface area contributed by atoms with E-state index in [4.69, 9.17) is 0 Å². The van der Waals surface area contributed by atoms with Crippen molar-refractivity contribution >= 4 is 9.84 Å². The minimum absolute atomic E-state index is 0.0355. The Balaban J connectivity index is 2.34. The molecule has 1 aromatic carbocycles. The van der Waals surface area contributed by atoms with Gasteiger partial charge in [-0.25, -0.2) is 8.42 Å². The Morgan fingerprint density at radius 1 is 1.21 bits per heavy atom. The van der Waals surface area contributed by atoms with E-state index in [1.54, 1.807) is 13.8 Å². The molecule has 2 rings (SSSR count). The fourth-order valence-electron chi connectivity index (χ4n) is 2.59. The van der Waals surface area contributed by atoms with Crippen molar-refractivity contribution in [1.82, 2.24) is 5.32 Å². The zero-order valence-electron chi connectivity index (χ0n) is 12.2. The van der Waals surface area contributed by atoms with Crippen molar-refractivity contribution in [2.45, 2.75) is 43.9 Å². The second-order valence-electron chi connectivity index (χ2n) is 6.22. The number of benzene rings is 1. The van der Waals surface area contributed by atoms with Gasteiger partial charge in [0.15, 0.2) is 9.84 Å². The third kappa shape index (κ3) is 2.56. The summed E-state index contributed by atoms with van der Waals surface area (Å²) < 4.78 is 22.9. The molecule has 4 heteroatoms. The van der Waals surface area contributed by atoms with Gasteiger partial charge in [0.05, 0.1) is 4.75 Å². The maximum atomic E-state index is 11.8. The predicted molar refractivity (Wildman–Crippen MR) is 78.9 cm³/mol. The van der Waals surface area contributed by atoms with Crippen LogP contribution in [-0.4, -0.2) is 21.2 Å². The van der Waals surface area contributed by atoms with Gasteiger partial charge >= 0.3 is 0 Å². The molecule has 1 aliphatic rings. The lowest BCUT2D eigenvalue weighted by Crippen LogP contribution is -2.33. The van der Waals surface area contributed by atoms with Gasteiger partial charge in [0.2, 0.25) is 0 Å². The van der Waals surface area contributed by atoms with Crippen LogP contribution in [0, 0.1) is 0 Å². The molecule has 19 heavy (non-hydrogen) atoms. The molecule has 0 aliphatic carbocycles. The summed E-state index contributed by atoms with van der Waals surface area (Å²) in [5.74, 6) is 0. The largest absolute Gasteiger partial charge is 0.308 e. The summed E-state index contributed by atoms with van der Waals surface area (Å²) in [6.07, 6.45) is 3.61. The van der Waals surface area contributed by atoms with Crippen LogP contribution in [-0.2, 0) is 20.1 Å². The van der Waals surface area contributed by atoms with Crippen LogP contribution in [0.25, 0.3) is 0 Å². The second kappa shape index (κ2) is 4.60. The highest BCUT2D eigenvalue weighted by atomic mass is 32.2. The van der Waals surface area contributed by atoms with Gasteiger partial charge in [0, 0.05) is 11.8 Å². The lowest BCUT2D eigenvalue weighted by Gasteiger charge is -2.27. The zero-order chi connectivity index (χ0) is 14.3. The molecule has 106 valence electrons. The van der Waals surface area contributed by atoms with Crippen LogP contribution >= 0.6 is 0 Å². The van der Waals surface area contributed by atoms with E-state index in [0.29, 0.717) is 0 Å². The number of hydrogen-bond donors (Lipinski definition) is 1. The van der Waals surface area contributed by atoms with Crippen LogP contribution in [0.15, 0.2) is 24.3 Å². The van der Waals surface area contributed by atoms with E-state index in [2.05, 4.69) is 24.4 Å². The maximum absolute atomic E-state index is 11.8. The van der Waals surface area contributed by atoms with Crippen molar-refractivity contribution in [3.63, 3.8) is 0 Å². The molecule has 3 nitrogen and oxygen atoms in total. The Morgan fingerprint density at radius 2 is 1.79 bits per heavy atom. The lowest BCUT2D eigenvalue weighted by molar-refractivity contribution is 0.434. The van der Waals surface area contributed by atoms with E-state index < -0.39 is 14.6 Å². The normalized spacial score (nSPS) is 24.6. The third-order valence-electron chi connectivity index (χ3n) is 4.51. The molecular weight excluding hydrogens is 258 g/mol. The minimum Gasteiger partial charge on any atom is -0.308 e. The highest BCUT2D eigenvalue weighted by Crippen LogP contribution is 2.33. The van der Waals surface area contributed by atoms with Crippen molar-refractivity contribution in [2.24, 2.45) is 0 Å². The van der Waals surface area contributed by atoms with Gasteiger partial charge in [-0.1, -0.05) is 24.3 Å². The molecule has 0 radical (unpaired) electrons. The van der Waals surface area contributed by atoms with Gasteiger partial charge in [0.1, 0.15) is 0 Å². The van der Waals surface area contributed by atoms with Gasteiger partial charge in [-0.15, -0.1) is 0 Å². The van der Waals surface area contributed by atoms with Gasteiger partial charge < -0.3 is 5.32 Å². The Kier molecular flexibility index (Phi) is 3.52. The molecule has 1 aliphatic heterocycles. The summed E-state index contributed by atoms with van der Waals surface area (Å²) in [6, 6.07) is 8.00. The monoisotopic (exact) mass is 281 g/mol. The van der Waals surface area contributed by atoms with Crippen molar-refractivity contribution < 1.29 is 8.42 Å². The molecule has 1 aromatic rings. The maximum Gasteiger partial charge on any atom is 0.156 e. The predicted octanol–water partition coefficient (Wildman–Crippen LogP) is 2.56. The summed E-state index contributed by atoms with van der Waals surface area (Å²) in [5, 5.41) is 3.52. The van der Waals surface area contributed by atoms with E-state index in [0.717, 1.165) is 18.5 Å². The number of hydrogen-bond acceptors (Lipinski definition) is 3. The molecule has 1 fully saturated rings. The van der Waals surface area contributed by atoms with Crippen molar-refractivity contribution in [1.29, 1.82) is 0 Å². The first-order valence-electron chi connectivity index (χ1n) is 6.72. The summed E-state index contributed by atoms with van der Waals surface area (Å²) in [5.41, 5.74) is 2.12. The van der Waals surface area contributed by atoms with Gasteiger partial charge in [-0.2, -0.15) is 0 Å². The summed E-state index contributed by atoms with van der Waals surface area (Å²) in [6.45, 7) is 6.77. The van der Waals surface area contributed by atoms with Crippen molar-refractivity contribution in [3.8, 4) is 0 Å². The van der Waals surface area contributed by atoms with E-state index in [-0.39, 0.29) is 5.54 Å². The molecule has 0 bridgehead atoms. The Bertz CT molecular complexity index is 552. The number of sulfone groups is 1. The Hall–Kier alpha value is -0.870. The number of nitrogens with one attached hydrogen (secondary N) is 1. The molecule has 1 N–H and O–H groups in total. The Labute approximate surface area is 116 Å². The van der Waals surface area contributed by atoms with Crippen LogP contribution in [0.3, 0.4) is 0 Å². The van der Waals surface area contributed by atoms with Gasteiger partial charge in [-0.05, 0) is 51.3 Å². The third-order valence-corrected chi connectivity index (χ3v) is 6.60. The second-order valence-corrected chi connectivity index (χ2v) is 8.79. The van der Waals surface area contributed by atoms with Crippen LogP contribution in [0.4, 0.5) is 0 Å². The molecule has 0 spiro atoms. The lowest BCUT2D eigenvalue weighted by atomic mass is 9.89. The van der Waals surface area contributed by atoms with E-state index in [1.165, 1.54) is 18.2 Å². The summed E-state index contributed by atoms with van der Waals surface area (Å²) in [4.78, 5) is 0. The topological polar surface area (TPSA) is 46.2 Å². The van der Waals surface area contributed by atoms with Gasteiger partial charge in [0.25, 0.3) is 0 Å². The highest BCUT2D eigenvalue weighted by molar-refractivity contribution is 7.91. The van der Waals surface area contributed by atoms with E-state index in [1.807, 2.05) is 12.1 Å². The van der Waals surface area contributed by atoms with E-state index >= 15 is 0 Å². The van der Waals surface area contributed by atoms with Crippen molar-refractivity contribution in [3.05, 3.63) is 35.4 Å². The molecule has 1 atom stereocenters. The molecule has 0 saturated carbocycles. The summed E-state index contributed by atoms with van der Waals surface area (Å²) >= 11 is 0. The molecule has 0 aromatic heterocycles. The fourth-order valence-corrected chi connectivity index (χ4v) is 3.16. The fraction of sp³-hybridized carbons (Fsp3) is 0.600. The van der Waals surface area contributed by atoms with Gasteiger partial charge in [-0.3, -0.25) is 0 Å². The minimum atomic E-state index is -3.12. The van der Waals surface area contributed by atoms with Crippen LogP contribution in [0.5, 0.6) is 0 Å². The van der Waals surface area contributed by atoms with Crippen LogP contribution < -0.4 is 5.32 Å². The average molecular weight is 281 g/mol. The zero-order valence-corrected chi connectivity index (χ0v) is 13.0. The molecule has 1 unspecified atom stereocenters. The quantitative estimate of drug-likeness (QED) is 0.926. The first kappa shape index (κ1) is 14.5.